The molecule has 0 saturated carbocycles. The summed E-state index contributed by atoms with van der Waals surface area (Å²) in [6.45, 7) is 2.19. The van der Waals surface area contributed by atoms with Gasteiger partial charge in [0, 0.05) is 23.8 Å². The molecule has 1 unspecified atom stereocenters. The zero-order chi connectivity index (χ0) is 18.5. The van der Waals surface area contributed by atoms with Gasteiger partial charge < -0.3 is 20.1 Å². The number of hydrogen-bond donors (Lipinski definition) is 2. The molecule has 0 aliphatic carbocycles. The third kappa shape index (κ3) is 4.34. The molecule has 26 heavy (non-hydrogen) atoms. The van der Waals surface area contributed by atoms with Gasteiger partial charge in [0.2, 0.25) is 11.8 Å². The lowest BCUT2D eigenvalue weighted by Gasteiger charge is -2.21. The van der Waals surface area contributed by atoms with Crippen molar-refractivity contribution in [2.24, 2.45) is 0 Å². The number of carbonyl (C=O) groups is 2. The number of aromatic nitrogens is 2. The van der Waals surface area contributed by atoms with Gasteiger partial charge in [-0.3, -0.25) is 4.79 Å². The van der Waals surface area contributed by atoms with Crippen molar-refractivity contribution < 1.29 is 14.1 Å². The Morgan fingerprint density at radius 2 is 2.15 bits per heavy atom. The van der Waals surface area contributed by atoms with Crippen LogP contribution in [-0.2, 0) is 17.1 Å². The highest BCUT2D eigenvalue weighted by atomic mass is 32.2. The number of amides is 3. The van der Waals surface area contributed by atoms with E-state index in [1.165, 1.54) is 0 Å². The quantitative estimate of drug-likeness (QED) is 0.805. The van der Waals surface area contributed by atoms with E-state index >= 15 is 0 Å². The maximum Gasteiger partial charge on any atom is 0.319 e. The summed E-state index contributed by atoms with van der Waals surface area (Å²) in [7, 11) is 0. The molecule has 1 aromatic carbocycles. The predicted octanol–water partition coefficient (Wildman–Crippen LogP) is 2.77. The summed E-state index contributed by atoms with van der Waals surface area (Å²) in [5, 5.41) is 9.22. The molecular weight excluding hydrogens is 354 g/mol. The van der Waals surface area contributed by atoms with Crippen molar-refractivity contribution in [1.82, 2.24) is 15.5 Å². The van der Waals surface area contributed by atoms with Gasteiger partial charge in [-0.15, -0.1) is 0 Å². The summed E-state index contributed by atoms with van der Waals surface area (Å²) in [5.74, 6) is 1.77. The Kier molecular flexibility index (Phi) is 5.77. The van der Waals surface area contributed by atoms with Crippen LogP contribution in [-0.4, -0.2) is 34.4 Å². The molecule has 3 amide bonds. The van der Waals surface area contributed by atoms with Gasteiger partial charge in [0.05, 0.1) is 12.3 Å². The van der Waals surface area contributed by atoms with Crippen LogP contribution in [0.1, 0.15) is 31.5 Å². The number of anilines is 2. The molecule has 1 fully saturated rings. The molecule has 1 aliphatic rings. The van der Waals surface area contributed by atoms with Gasteiger partial charge in [0.1, 0.15) is 0 Å². The fourth-order valence-corrected chi connectivity index (χ4v) is 3.19. The number of benzene rings is 1. The van der Waals surface area contributed by atoms with Crippen molar-refractivity contribution in [1.29, 1.82) is 0 Å². The van der Waals surface area contributed by atoms with Crippen molar-refractivity contribution in [3.63, 3.8) is 0 Å². The summed E-state index contributed by atoms with van der Waals surface area (Å²) in [6.07, 6.45) is 3.40. The Bertz CT molecular complexity index is 777. The van der Waals surface area contributed by atoms with Crippen LogP contribution in [0.4, 0.5) is 16.2 Å². The van der Waals surface area contributed by atoms with Gasteiger partial charge in [-0.1, -0.05) is 5.16 Å². The van der Waals surface area contributed by atoms with Crippen molar-refractivity contribution in [3.05, 3.63) is 36.0 Å². The molecule has 9 heteroatoms. The molecule has 2 N–H and O–H groups in total. The standard InChI is InChI=1S/C17H21N5O3S/c1-11-3-8-16(23)22(11)13-6-4-12(5-7-13)19-17(24)18-9-15-20-14(10-26-2)21-25-15/h4-7,11H,3,8-10H2,1-2H3,(H2,18,19,24). The minimum atomic E-state index is -0.368. The largest absolute Gasteiger partial charge is 0.337 e. The van der Waals surface area contributed by atoms with E-state index in [-0.39, 0.29) is 24.5 Å². The first-order chi connectivity index (χ1) is 12.6. The van der Waals surface area contributed by atoms with Crippen LogP contribution < -0.4 is 15.5 Å². The van der Waals surface area contributed by atoms with E-state index in [2.05, 4.69) is 20.8 Å². The van der Waals surface area contributed by atoms with Crippen molar-refractivity contribution in [2.75, 3.05) is 16.5 Å². The highest BCUT2D eigenvalue weighted by molar-refractivity contribution is 7.97. The van der Waals surface area contributed by atoms with Gasteiger partial charge >= 0.3 is 6.03 Å². The Balaban J connectivity index is 1.51. The SMILES string of the molecule is CSCc1noc(CNC(=O)Nc2ccc(N3C(=O)CCC3C)cc2)n1. The molecule has 1 saturated heterocycles. The van der Waals surface area contributed by atoms with Gasteiger partial charge in [-0.05, 0) is 43.9 Å². The summed E-state index contributed by atoms with van der Waals surface area (Å²) in [5.41, 5.74) is 1.48. The van der Waals surface area contributed by atoms with E-state index in [4.69, 9.17) is 4.52 Å². The molecule has 0 spiro atoms. The van der Waals surface area contributed by atoms with E-state index in [1.807, 2.05) is 25.3 Å². The van der Waals surface area contributed by atoms with E-state index < -0.39 is 0 Å². The number of urea groups is 1. The zero-order valence-corrected chi connectivity index (χ0v) is 15.5. The molecule has 1 aromatic heterocycles. The van der Waals surface area contributed by atoms with Crippen LogP contribution in [0.15, 0.2) is 28.8 Å². The van der Waals surface area contributed by atoms with Gasteiger partial charge in [-0.2, -0.15) is 16.7 Å². The van der Waals surface area contributed by atoms with Gasteiger partial charge in [0.15, 0.2) is 5.82 Å². The maximum absolute atomic E-state index is 12.0. The van der Waals surface area contributed by atoms with E-state index in [0.29, 0.717) is 29.6 Å². The van der Waals surface area contributed by atoms with Crippen LogP contribution in [0.5, 0.6) is 0 Å². The lowest BCUT2D eigenvalue weighted by Crippen LogP contribution is -2.30. The topological polar surface area (TPSA) is 100 Å². The third-order valence-corrected chi connectivity index (χ3v) is 4.62. The number of rotatable bonds is 6. The van der Waals surface area contributed by atoms with E-state index in [1.54, 1.807) is 28.8 Å². The first-order valence-corrected chi connectivity index (χ1v) is 9.73. The lowest BCUT2D eigenvalue weighted by atomic mass is 10.2. The fourth-order valence-electron chi connectivity index (χ4n) is 2.81. The summed E-state index contributed by atoms with van der Waals surface area (Å²) in [4.78, 5) is 29.9. The second kappa shape index (κ2) is 8.22. The maximum atomic E-state index is 12.0. The molecular formula is C17H21N5O3S. The molecule has 1 atom stereocenters. The van der Waals surface area contributed by atoms with Crippen molar-refractivity contribution in [3.8, 4) is 0 Å². The zero-order valence-electron chi connectivity index (χ0n) is 14.7. The number of hydrogen-bond acceptors (Lipinski definition) is 6. The molecule has 1 aliphatic heterocycles. The Labute approximate surface area is 155 Å². The highest BCUT2D eigenvalue weighted by Gasteiger charge is 2.28. The number of nitrogens with zero attached hydrogens (tertiary/aromatic N) is 3. The van der Waals surface area contributed by atoms with Crippen LogP contribution in [0.25, 0.3) is 0 Å². The summed E-state index contributed by atoms with van der Waals surface area (Å²) in [6, 6.07) is 7.06. The van der Waals surface area contributed by atoms with Gasteiger partial charge in [0.25, 0.3) is 0 Å². The van der Waals surface area contributed by atoms with Gasteiger partial charge in [-0.25, -0.2) is 4.79 Å². The average molecular weight is 375 g/mol. The summed E-state index contributed by atoms with van der Waals surface area (Å²) < 4.78 is 5.06. The molecule has 3 rings (SSSR count). The Morgan fingerprint density at radius 3 is 2.81 bits per heavy atom. The van der Waals surface area contributed by atoms with E-state index in [9.17, 15) is 9.59 Å². The number of carbonyl (C=O) groups excluding carboxylic acids is 2. The minimum Gasteiger partial charge on any atom is -0.337 e. The third-order valence-electron chi connectivity index (χ3n) is 4.07. The highest BCUT2D eigenvalue weighted by Crippen LogP contribution is 2.27. The Hall–Kier alpha value is -2.55. The van der Waals surface area contributed by atoms with Crippen LogP contribution in [0.3, 0.4) is 0 Å². The molecule has 8 nitrogen and oxygen atoms in total. The van der Waals surface area contributed by atoms with Crippen molar-refractivity contribution in [2.45, 2.75) is 38.1 Å². The first-order valence-electron chi connectivity index (χ1n) is 8.34. The normalized spacial score (nSPS) is 16.8. The first kappa shape index (κ1) is 18.2. The second-order valence-electron chi connectivity index (χ2n) is 6.04. The van der Waals surface area contributed by atoms with Crippen LogP contribution in [0.2, 0.25) is 0 Å². The fraction of sp³-hybridized carbons (Fsp3) is 0.412. The van der Waals surface area contributed by atoms with E-state index in [0.717, 1.165) is 12.1 Å². The minimum absolute atomic E-state index is 0.136. The molecule has 0 bridgehead atoms. The predicted molar refractivity (Wildman–Crippen MR) is 100.0 cm³/mol. The van der Waals surface area contributed by atoms with Crippen LogP contribution >= 0.6 is 11.8 Å². The molecule has 2 heterocycles. The second-order valence-corrected chi connectivity index (χ2v) is 6.91. The monoisotopic (exact) mass is 375 g/mol. The average Bonchev–Trinajstić information content (AvgIpc) is 3.21. The lowest BCUT2D eigenvalue weighted by molar-refractivity contribution is -0.117. The summed E-state index contributed by atoms with van der Waals surface area (Å²) >= 11 is 1.60. The molecule has 138 valence electrons. The number of thioether (sulfide) groups is 1. The number of nitrogens with one attached hydrogen (secondary N) is 2. The molecule has 0 radical (unpaired) electrons. The Morgan fingerprint density at radius 1 is 1.38 bits per heavy atom. The smallest absolute Gasteiger partial charge is 0.319 e. The van der Waals surface area contributed by atoms with Crippen molar-refractivity contribution >= 4 is 35.1 Å². The molecule has 2 aromatic rings. The van der Waals surface area contributed by atoms with Crippen LogP contribution in [0, 0.1) is 0 Å².